The third-order valence-corrected chi connectivity index (χ3v) is 3.12. The van der Waals surface area contributed by atoms with Gasteiger partial charge in [0, 0.05) is 0 Å². The fourth-order valence-electron chi connectivity index (χ4n) is 2.27. The molecule has 0 fully saturated rings. The molecule has 18 heavy (non-hydrogen) atoms. The average Bonchev–Trinajstić information content (AvgIpc) is 2.34. The zero-order valence-corrected chi connectivity index (χ0v) is 12.1. The van der Waals surface area contributed by atoms with Gasteiger partial charge in [0.2, 0.25) is 0 Å². The minimum atomic E-state index is 1.08. The largest absolute Gasteiger partial charge is 0.0988 e. The highest BCUT2D eigenvalue weighted by atomic mass is 14.1. The smallest absolute Gasteiger partial charge is 0.0152 e. The Hall–Kier alpha value is -1.56. The van der Waals surface area contributed by atoms with E-state index >= 15 is 0 Å². The highest BCUT2D eigenvalue weighted by Gasteiger charge is 2.06. The lowest BCUT2D eigenvalue weighted by molar-refractivity contribution is 0.929. The molecule has 0 aliphatic rings. The van der Waals surface area contributed by atoms with Crippen LogP contribution < -0.4 is 0 Å². The number of benzene rings is 1. The van der Waals surface area contributed by atoms with Crippen LogP contribution >= 0.6 is 0 Å². The highest BCUT2D eigenvalue weighted by molar-refractivity contribution is 5.80. The molecular weight excluding hydrogens is 216 g/mol. The molecule has 1 aromatic rings. The quantitative estimate of drug-likeness (QED) is 0.586. The summed E-state index contributed by atoms with van der Waals surface area (Å²) < 4.78 is 0. The molecule has 0 bridgehead atoms. The summed E-state index contributed by atoms with van der Waals surface area (Å²) in [5.74, 6) is 0. The van der Waals surface area contributed by atoms with Crippen molar-refractivity contribution in [3.05, 3.63) is 65.3 Å². The first kappa shape index (κ1) is 14.5. The van der Waals surface area contributed by atoms with Crippen LogP contribution in [-0.4, -0.2) is 0 Å². The van der Waals surface area contributed by atoms with E-state index in [1.807, 2.05) is 6.08 Å². The molecule has 0 saturated carbocycles. The summed E-state index contributed by atoms with van der Waals surface area (Å²) in [4.78, 5) is 0. The van der Waals surface area contributed by atoms with Crippen molar-refractivity contribution in [3.8, 4) is 0 Å². The van der Waals surface area contributed by atoms with Crippen molar-refractivity contribution < 1.29 is 0 Å². The maximum absolute atomic E-state index is 3.96. The molecule has 0 nitrogen and oxygen atoms in total. The van der Waals surface area contributed by atoms with E-state index in [1.165, 1.54) is 27.8 Å². The molecule has 0 aliphatic carbocycles. The summed E-state index contributed by atoms with van der Waals surface area (Å²) in [6.07, 6.45) is 8.53. The lowest BCUT2D eigenvalue weighted by Crippen LogP contribution is -1.92. The lowest BCUT2D eigenvalue weighted by atomic mass is 9.92. The van der Waals surface area contributed by atoms with Gasteiger partial charge in [0.15, 0.2) is 0 Å². The minimum Gasteiger partial charge on any atom is -0.0988 e. The van der Waals surface area contributed by atoms with E-state index in [2.05, 4.69) is 64.6 Å². The number of rotatable bonds is 5. The number of hydrogen-bond acceptors (Lipinski definition) is 0. The van der Waals surface area contributed by atoms with Crippen LogP contribution in [0.2, 0.25) is 0 Å². The topological polar surface area (TPSA) is 0 Å². The van der Waals surface area contributed by atoms with E-state index < -0.39 is 0 Å². The summed E-state index contributed by atoms with van der Waals surface area (Å²) in [6, 6.07) is 6.64. The molecule has 0 spiro atoms. The van der Waals surface area contributed by atoms with Gasteiger partial charge in [0.1, 0.15) is 0 Å². The summed E-state index contributed by atoms with van der Waals surface area (Å²) in [5, 5.41) is 0. The van der Waals surface area contributed by atoms with Gasteiger partial charge >= 0.3 is 0 Å². The molecule has 0 heterocycles. The molecule has 0 saturated heterocycles. The Bertz CT molecular complexity index is 473. The molecule has 0 radical (unpaired) electrons. The van der Waals surface area contributed by atoms with Crippen LogP contribution in [0.15, 0.2) is 48.6 Å². The summed E-state index contributed by atoms with van der Waals surface area (Å²) in [7, 11) is 0. The Morgan fingerprint density at radius 1 is 1.28 bits per heavy atom. The predicted octanol–water partition coefficient (Wildman–Crippen LogP) is 5.62. The average molecular weight is 240 g/mol. The second-order valence-electron chi connectivity index (χ2n) is 4.71. The third kappa shape index (κ3) is 3.46. The summed E-state index contributed by atoms with van der Waals surface area (Å²) in [6.45, 7) is 12.6. The molecule has 0 amide bonds. The van der Waals surface area contributed by atoms with Gasteiger partial charge < -0.3 is 0 Å². The van der Waals surface area contributed by atoms with E-state index in [0.717, 1.165) is 12.8 Å². The SMILES string of the molecule is C=C/C(CCC)=C(\C=C/C)c1ccc(C)cc1C. The zero-order valence-electron chi connectivity index (χ0n) is 12.1. The van der Waals surface area contributed by atoms with Crippen molar-refractivity contribution in [2.75, 3.05) is 0 Å². The van der Waals surface area contributed by atoms with Crippen LogP contribution in [0.1, 0.15) is 43.4 Å². The molecule has 0 unspecified atom stereocenters. The Morgan fingerprint density at radius 3 is 2.50 bits per heavy atom. The first-order chi connectivity index (χ1) is 8.63. The van der Waals surface area contributed by atoms with Gasteiger partial charge in [-0.15, -0.1) is 0 Å². The van der Waals surface area contributed by atoms with Crippen molar-refractivity contribution in [3.63, 3.8) is 0 Å². The van der Waals surface area contributed by atoms with Gasteiger partial charge in [-0.2, -0.15) is 0 Å². The molecule has 96 valence electrons. The van der Waals surface area contributed by atoms with E-state index in [9.17, 15) is 0 Å². The Kier molecular flexibility index (Phi) is 5.64. The van der Waals surface area contributed by atoms with Crippen molar-refractivity contribution in [1.29, 1.82) is 0 Å². The first-order valence-corrected chi connectivity index (χ1v) is 6.69. The molecule has 0 N–H and O–H groups in total. The molecule has 0 aromatic heterocycles. The van der Waals surface area contributed by atoms with Gasteiger partial charge in [-0.05, 0) is 49.5 Å². The monoisotopic (exact) mass is 240 g/mol. The van der Waals surface area contributed by atoms with Gasteiger partial charge in [0.25, 0.3) is 0 Å². The molecule has 1 aromatic carbocycles. The highest BCUT2D eigenvalue weighted by Crippen LogP contribution is 2.27. The van der Waals surface area contributed by atoms with Crippen LogP contribution in [0.5, 0.6) is 0 Å². The fraction of sp³-hybridized carbons (Fsp3) is 0.333. The van der Waals surface area contributed by atoms with Crippen molar-refractivity contribution in [2.45, 2.75) is 40.5 Å². The van der Waals surface area contributed by atoms with Crippen LogP contribution in [0.3, 0.4) is 0 Å². The Morgan fingerprint density at radius 2 is 2.00 bits per heavy atom. The van der Waals surface area contributed by atoms with E-state index in [0.29, 0.717) is 0 Å². The Labute approximate surface area is 112 Å². The molecule has 1 rings (SSSR count). The van der Waals surface area contributed by atoms with Crippen molar-refractivity contribution in [1.82, 2.24) is 0 Å². The molecule has 0 aliphatic heterocycles. The van der Waals surface area contributed by atoms with Crippen LogP contribution in [-0.2, 0) is 0 Å². The third-order valence-electron chi connectivity index (χ3n) is 3.12. The standard InChI is InChI=1S/C18H24/c1-6-9-16(8-3)18(10-7-2)17-12-11-14(4)13-15(17)5/h7-8,10-13H,3,6,9H2,1-2,4-5H3/b10-7-,18-16-. The lowest BCUT2D eigenvalue weighted by Gasteiger charge is -2.12. The zero-order chi connectivity index (χ0) is 13.5. The Balaban J connectivity index is 3.39. The maximum atomic E-state index is 3.96. The minimum absolute atomic E-state index is 1.08. The molecule has 0 atom stereocenters. The molecular formula is C18H24. The normalized spacial score (nSPS) is 12.7. The maximum Gasteiger partial charge on any atom is -0.0152 e. The first-order valence-electron chi connectivity index (χ1n) is 6.69. The van der Waals surface area contributed by atoms with Gasteiger partial charge in [-0.3, -0.25) is 0 Å². The van der Waals surface area contributed by atoms with Gasteiger partial charge in [-0.1, -0.05) is 61.9 Å². The molecule has 0 heteroatoms. The van der Waals surface area contributed by atoms with Crippen LogP contribution in [0.4, 0.5) is 0 Å². The summed E-state index contributed by atoms with van der Waals surface area (Å²) in [5.41, 5.74) is 6.61. The predicted molar refractivity (Wildman–Crippen MR) is 82.8 cm³/mol. The van der Waals surface area contributed by atoms with Gasteiger partial charge in [-0.25, -0.2) is 0 Å². The number of aryl methyl sites for hydroxylation is 2. The fourth-order valence-corrected chi connectivity index (χ4v) is 2.27. The van der Waals surface area contributed by atoms with Gasteiger partial charge in [0.05, 0.1) is 0 Å². The second-order valence-corrected chi connectivity index (χ2v) is 4.71. The van der Waals surface area contributed by atoms with Crippen molar-refractivity contribution in [2.24, 2.45) is 0 Å². The van der Waals surface area contributed by atoms with Crippen LogP contribution in [0.25, 0.3) is 5.57 Å². The van der Waals surface area contributed by atoms with Crippen molar-refractivity contribution >= 4 is 5.57 Å². The van der Waals surface area contributed by atoms with E-state index in [4.69, 9.17) is 0 Å². The number of allylic oxidation sites excluding steroid dienone is 5. The van der Waals surface area contributed by atoms with E-state index in [-0.39, 0.29) is 0 Å². The summed E-state index contributed by atoms with van der Waals surface area (Å²) >= 11 is 0. The van der Waals surface area contributed by atoms with E-state index in [1.54, 1.807) is 0 Å². The second kappa shape index (κ2) is 7.00. The van der Waals surface area contributed by atoms with Crippen LogP contribution in [0, 0.1) is 13.8 Å². The number of hydrogen-bond donors (Lipinski definition) is 0.